The molecule has 1 unspecified atom stereocenters. The summed E-state index contributed by atoms with van der Waals surface area (Å²) in [5.74, 6) is 0.987. The molecule has 0 aromatic carbocycles. The van der Waals surface area contributed by atoms with E-state index in [-0.39, 0.29) is 17.1 Å². The molecule has 196 valence electrons. The van der Waals surface area contributed by atoms with Crippen molar-refractivity contribution in [3.05, 3.63) is 47.5 Å². The molecule has 6 heterocycles. The van der Waals surface area contributed by atoms with E-state index in [1.165, 1.54) is 7.11 Å². The minimum atomic E-state index is -0.452. The summed E-state index contributed by atoms with van der Waals surface area (Å²) < 4.78 is 6.49. The number of carbonyl (C=O) groups excluding carboxylic acids is 2. The van der Waals surface area contributed by atoms with Crippen molar-refractivity contribution >= 4 is 29.0 Å². The number of aromatic nitrogens is 4. The third-order valence-corrected chi connectivity index (χ3v) is 8.13. The van der Waals surface area contributed by atoms with Crippen LogP contribution in [-0.2, 0) is 4.74 Å². The van der Waals surface area contributed by atoms with Gasteiger partial charge in [-0.1, -0.05) is 6.07 Å². The average molecular weight is 515 g/mol. The van der Waals surface area contributed by atoms with Crippen molar-refractivity contribution in [2.45, 2.75) is 20.3 Å². The van der Waals surface area contributed by atoms with Crippen LogP contribution in [-0.4, -0.2) is 82.7 Å². The molecule has 0 spiro atoms. The molecule has 1 amide bonds. The molecule has 11 nitrogen and oxygen atoms in total. The van der Waals surface area contributed by atoms with Gasteiger partial charge in [-0.3, -0.25) is 4.79 Å². The summed E-state index contributed by atoms with van der Waals surface area (Å²) >= 11 is 0. The van der Waals surface area contributed by atoms with Crippen LogP contribution in [0.1, 0.15) is 40.0 Å². The fourth-order valence-electron chi connectivity index (χ4n) is 5.97. The van der Waals surface area contributed by atoms with Gasteiger partial charge >= 0.3 is 5.97 Å². The number of amides is 1. The zero-order valence-corrected chi connectivity index (χ0v) is 21.8. The molecule has 38 heavy (non-hydrogen) atoms. The summed E-state index contributed by atoms with van der Waals surface area (Å²) in [5, 5.41) is 14.0. The zero-order valence-electron chi connectivity index (χ0n) is 21.8. The molecular weight excluding hydrogens is 484 g/mol. The number of hydrogen-bond donors (Lipinski definition) is 0. The maximum Gasteiger partial charge on any atom is 0.356 e. The molecule has 3 aromatic heterocycles. The van der Waals surface area contributed by atoms with Crippen molar-refractivity contribution in [3.8, 4) is 6.07 Å². The molecule has 0 N–H and O–H groups in total. The van der Waals surface area contributed by atoms with Gasteiger partial charge in [-0.15, -0.1) is 5.10 Å². The number of aryl methyl sites for hydroxylation is 1. The smallest absolute Gasteiger partial charge is 0.356 e. The normalized spacial score (nSPS) is 24.6. The fourth-order valence-corrected chi connectivity index (χ4v) is 5.97. The molecule has 11 heteroatoms. The molecule has 3 fully saturated rings. The number of ether oxygens (including phenoxy) is 1. The predicted molar refractivity (Wildman–Crippen MR) is 139 cm³/mol. The third kappa shape index (κ3) is 4.10. The van der Waals surface area contributed by atoms with Gasteiger partial charge in [0.2, 0.25) is 5.82 Å². The Morgan fingerprint density at radius 3 is 2.58 bits per heavy atom. The highest BCUT2D eigenvalue weighted by Crippen LogP contribution is 2.35. The lowest BCUT2D eigenvalue weighted by Crippen LogP contribution is -2.34. The zero-order chi connectivity index (χ0) is 26.6. The lowest BCUT2D eigenvalue weighted by Gasteiger charge is -2.22. The molecule has 3 aliphatic heterocycles. The Morgan fingerprint density at radius 2 is 1.89 bits per heavy atom. The van der Waals surface area contributed by atoms with Gasteiger partial charge in [-0.2, -0.15) is 5.26 Å². The van der Waals surface area contributed by atoms with E-state index in [9.17, 15) is 14.9 Å². The Labute approximate surface area is 220 Å². The van der Waals surface area contributed by atoms with Crippen molar-refractivity contribution in [1.29, 1.82) is 5.26 Å². The number of fused-ring (bicyclic) bond motifs is 2. The Hall–Kier alpha value is -4.20. The van der Waals surface area contributed by atoms with E-state index in [0.717, 1.165) is 43.1 Å². The van der Waals surface area contributed by atoms with Crippen molar-refractivity contribution in [1.82, 2.24) is 24.5 Å². The van der Waals surface area contributed by atoms with Gasteiger partial charge in [-0.05, 0) is 44.0 Å². The van der Waals surface area contributed by atoms with Gasteiger partial charge in [0.05, 0.1) is 30.5 Å². The van der Waals surface area contributed by atoms with Crippen LogP contribution in [0.15, 0.2) is 30.5 Å². The maximum atomic E-state index is 13.4. The fraction of sp³-hybridized carbons (Fsp3) is 0.481. The molecule has 3 saturated heterocycles. The molecule has 0 bridgehead atoms. The highest BCUT2D eigenvalue weighted by atomic mass is 16.5. The molecular formula is C27H30N8O3. The maximum absolute atomic E-state index is 13.4. The summed E-state index contributed by atoms with van der Waals surface area (Å²) in [6.45, 7) is 8.25. The largest absolute Gasteiger partial charge is 0.464 e. The Bertz CT molecular complexity index is 1460. The van der Waals surface area contributed by atoms with E-state index >= 15 is 0 Å². The van der Waals surface area contributed by atoms with Crippen LogP contribution in [0.2, 0.25) is 0 Å². The lowest BCUT2D eigenvalue weighted by molar-refractivity contribution is 0.0593. The van der Waals surface area contributed by atoms with E-state index in [2.05, 4.69) is 37.0 Å². The number of nitrogens with zero attached hydrogens (tertiary/aromatic N) is 8. The summed E-state index contributed by atoms with van der Waals surface area (Å²) in [4.78, 5) is 40.5. The molecule has 6 rings (SSSR count). The molecule has 3 aromatic rings. The first-order valence-corrected chi connectivity index (χ1v) is 12.9. The van der Waals surface area contributed by atoms with E-state index in [1.807, 2.05) is 37.1 Å². The van der Waals surface area contributed by atoms with Gasteiger partial charge in [0, 0.05) is 51.1 Å². The molecule has 3 atom stereocenters. The van der Waals surface area contributed by atoms with Gasteiger partial charge in [0.25, 0.3) is 5.91 Å². The van der Waals surface area contributed by atoms with Crippen molar-refractivity contribution < 1.29 is 14.3 Å². The summed E-state index contributed by atoms with van der Waals surface area (Å²) in [6, 6.07) is 9.84. The lowest BCUT2D eigenvalue weighted by atomic mass is 9.92. The Morgan fingerprint density at radius 1 is 1.13 bits per heavy atom. The highest BCUT2D eigenvalue weighted by Gasteiger charge is 2.43. The number of rotatable bonds is 4. The Balaban J connectivity index is 1.15. The second-order valence-electron chi connectivity index (χ2n) is 10.9. The number of anilines is 2. The van der Waals surface area contributed by atoms with E-state index in [0.29, 0.717) is 42.8 Å². The van der Waals surface area contributed by atoms with E-state index < -0.39 is 5.97 Å². The molecule has 0 saturated carbocycles. The highest BCUT2D eigenvalue weighted by molar-refractivity contribution is 5.91. The molecule has 3 aliphatic rings. The quantitative estimate of drug-likeness (QED) is 0.482. The number of pyridine rings is 2. The van der Waals surface area contributed by atoms with Crippen LogP contribution < -0.4 is 9.80 Å². The van der Waals surface area contributed by atoms with E-state index in [1.54, 1.807) is 10.6 Å². The van der Waals surface area contributed by atoms with Crippen molar-refractivity contribution in [2.24, 2.45) is 17.3 Å². The number of hydrogen-bond acceptors (Lipinski definition) is 9. The molecule has 0 radical (unpaired) electrons. The van der Waals surface area contributed by atoms with Crippen molar-refractivity contribution in [3.63, 3.8) is 0 Å². The first-order chi connectivity index (χ1) is 18.3. The Kier molecular flexibility index (Phi) is 5.70. The average Bonchev–Trinajstić information content (AvgIpc) is 3.70. The van der Waals surface area contributed by atoms with Crippen LogP contribution >= 0.6 is 0 Å². The first kappa shape index (κ1) is 24.2. The van der Waals surface area contributed by atoms with Crippen LogP contribution in [0, 0.1) is 35.5 Å². The van der Waals surface area contributed by atoms with Crippen LogP contribution in [0.5, 0.6) is 0 Å². The number of carbonyl (C=O) groups is 2. The standard InChI is InChI=1S/C27H30N8O3/c1-17-9-20(32-8-7-27(2,15-28)16-32)14-35-24(17)30-23(31-35)25(36)34-12-18-10-33(11-19(18)13-34)22-6-4-5-21(29-22)26(37)38-3/h4-6,9,14,18-19H,7-8,10-13,16H2,1-3H3/t18-,19+,27?. The number of likely N-dealkylation sites (tertiary alicyclic amines) is 1. The van der Waals surface area contributed by atoms with Crippen LogP contribution in [0.25, 0.3) is 5.65 Å². The summed E-state index contributed by atoms with van der Waals surface area (Å²) in [6.07, 6.45) is 2.73. The topological polar surface area (TPSA) is 120 Å². The second-order valence-corrected chi connectivity index (χ2v) is 10.9. The van der Waals surface area contributed by atoms with Gasteiger partial charge in [0.15, 0.2) is 11.3 Å². The monoisotopic (exact) mass is 514 g/mol. The third-order valence-electron chi connectivity index (χ3n) is 8.13. The van der Waals surface area contributed by atoms with Crippen LogP contribution in [0.3, 0.4) is 0 Å². The SMILES string of the molecule is COC(=O)c1cccc(N2C[C@H]3CN(C(=O)c4nc5c(C)cc(N6CCC(C)(C#N)C6)cn5n4)C[C@H]3C2)n1. The number of methoxy groups -OCH3 is 1. The van der Waals surface area contributed by atoms with Gasteiger partial charge in [0.1, 0.15) is 5.82 Å². The second kappa shape index (κ2) is 8.97. The number of nitriles is 1. The van der Waals surface area contributed by atoms with Crippen LogP contribution in [0.4, 0.5) is 11.5 Å². The first-order valence-electron chi connectivity index (χ1n) is 12.9. The van der Waals surface area contributed by atoms with E-state index in [4.69, 9.17) is 4.74 Å². The predicted octanol–water partition coefficient (Wildman–Crippen LogP) is 2.17. The van der Waals surface area contributed by atoms with Crippen molar-refractivity contribution in [2.75, 3.05) is 56.2 Å². The number of esters is 1. The van der Waals surface area contributed by atoms with Gasteiger partial charge < -0.3 is 19.4 Å². The summed E-state index contributed by atoms with van der Waals surface area (Å²) in [7, 11) is 1.35. The molecule has 0 aliphatic carbocycles. The summed E-state index contributed by atoms with van der Waals surface area (Å²) in [5.41, 5.74) is 2.53. The van der Waals surface area contributed by atoms with Gasteiger partial charge in [-0.25, -0.2) is 19.3 Å². The minimum absolute atomic E-state index is 0.153. The minimum Gasteiger partial charge on any atom is -0.464 e.